The van der Waals surface area contributed by atoms with Crippen LogP contribution in [0.15, 0.2) is 12.3 Å². The first-order chi connectivity index (χ1) is 7.70. The molecule has 1 aromatic heterocycles. The molecule has 1 aliphatic rings. The summed E-state index contributed by atoms with van der Waals surface area (Å²) < 4.78 is 1.80. The first-order valence-corrected chi connectivity index (χ1v) is 5.68. The lowest BCUT2D eigenvalue weighted by molar-refractivity contribution is -0.130. The normalized spacial score (nSPS) is 21.1. The van der Waals surface area contributed by atoms with Crippen LogP contribution in [0.25, 0.3) is 0 Å². The number of carbonyl (C=O) groups is 1. The summed E-state index contributed by atoms with van der Waals surface area (Å²) in [6.45, 7) is 1.70. The Bertz CT molecular complexity index is 374. The SMILES string of the molecule is Cn1ccc([C@H]2CCCN(C(=O)CN)C2)n1. The number of likely N-dealkylation sites (tertiary alicyclic amines) is 1. The highest BCUT2D eigenvalue weighted by atomic mass is 16.2. The summed E-state index contributed by atoms with van der Waals surface area (Å²) in [5.41, 5.74) is 6.46. The number of nitrogens with two attached hydrogens (primary N) is 1. The predicted molar refractivity (Wildman–Crippen MR) is 60.8 cm³/mol. The van der Waals surface area contributed by atoms with Gasteiger partial charge in [0.2, 0.25) is 5.91 Å². The van der Waals surface area contributed by atoms with Gasteiger partial charge in [-0.15, -0.1) is 0 Å². The highest BCUT2D eigenvalue weighted by Gasteiger charge is 2.25. The average molecular weight is 222 g/mol. The second-order valence-corrected chi connectivity index (χ2v) is 4.30. The molecule has 1 aliphatic heterocycles. The van der Waals surface area contributed by atoms with Crippen LogP contribution in [-0.4, -0.2) is 40.2 Å². The van der Waals surface area contributed by atoms with E-state index in [0.29, 0.717) is 5.92 Å². The van der Waals surface area contributed by atoms with Crippen molar-refractivity contribution in [1.82, 2.24) is 14.7 Å². The number of piperidine rings is 1. The van der Waals surface area contributed by atoms with E-state index in [1.54, 1.807) is 4.68 Å². The molecule has 0 spiro atoms. The summed E-state index contributed by atoms with van der Waals surface area (Å²) in [5.74, 6) is 0.408. The van der Waals surface area contributed by atoms with E-state index in [0.717, 1.165) is 31.6 Å². The van der Waals surface area contributed by atoms with Crippen molar-refractivity contribution in [3.8, 4) is 0 Å². The number of aromatic nitrogens is 2. The summed E-state index contributed by atoms with van der Waals surface area (Å²) in [4.78, 5) is 13.4. The Morgan fingerprint density at radius 2 is 2.50 bits per heavy atom. The molecule has 16 heavy (non-hydrogen) atoms. The molecular formula is C11H18N4O. The van der Waals surface area contributed by atoms with Crippen LogP contribution in [0.3, 0.4) is 0 Å². The number of amides is 1. The molecule has 5 nitrogen and oxygen atoms in total. The second kappa shape index (κ2) is 4.65. The molecule has 1 amide bonds. The molecule has 1 atom stereocenters. The first-order valence-electron chi connectivity index (χ1n) is 5.68. The van der Waals surface area contributed by atoms with Crippen molar-refractivity contribution >= 4 is 5.91 Å². The minimum Gasteiger partial charge on any atom is -0.341 e. The van der Waals surface area contributed by atoms with Gasteiger partial charge in [0.05, 0.1) is 12.2 Å². The third kappa shape index (κ3) is 2.24. The fourth-order valence-electron chi connectivity index (χ4n) is 2.22. The van der Waals surface area contributed by atoms with Gasteiger partial charge < -0.3 is 10.6 Å². The Morgan fingerprint density at radius 3 is 3.12 bits per heavy atom. The minimum absolute atomic E-state index is 0.0423. The smallest absolute Gasteiger partial charge is 0.236 e. The molecule has 0 unspecified atom stereocenters. The van der Waals surface area contributed by atoms with Crippen molar-refractivity contribution in [2.45, 2.75) is 18.8 Å². The summed E-state index contributed by atoms with van der Waals surface area (Å²) in [7, 11) is 1.91. The van der Waals surface area contributed by atoms with E-state index in [2.05, 4.69) is 5.10 Å². The van der Waals surface area contributed by atoms with Crippen molar-refractivity contribution in [3.63, 3.8) is 0 Å². The Morgan fingerprint density at radius 1 is 1.69 bits per heavy atom. The van der Waals surface area contributed by atoms with E-state index in [4.69, 9.17) is 5.73 Å². The number of hydrogen-bond acceptors (Lipinski definition) is 3. The average Bonchev–Trinajstić information content (AvgIpc) is 2.75. The molecule has 0 aromatic carbocycles. The summed E-state index contributed by atoms with van der Waals surface area (Å²) in [6, 6.07) is 2.03. The maximum absolute atomic E-state index is 11.5. The molecule has 0 bridgehead atoms. The van der Waals surface area contributed by atoms with Crippen LogP contribution in [0.4, 0.5) is 0 Å². The lowest BCUT2D eigenvalue weighted by atomic mass is 9.95. The Kier molecular flexibility index (Phi) is 3.24. The lowest BCUT2D eigenvalue weighted by Gasteiger charge is -2.31. The molecule has 2 rings (SSSR count). The number of carbonyl (C=O) groups excluding carboxylic acids is 1. The van der Waals surface area contributed by atoms with Crippen LogP contribution in [0.1, 0.15) is 24.5 Å². The van der Waals surface area contributed by atoms with Gasteiger partial charge in [0.25, 0.3) is 0 Å². The van der Waals surface area contributed by atoms with E-state index >= 15 is 0 Å². The Balaban J connectivity index is 2.04. The van der Waals surface area contributed by atoms with Gasteiger partial charge in [0.1, 0.15) is 0 Å². The van der Waals surface area contributed by atoms with Gasteiger partial charge in [0.15, 0.2) is 0 Å². The molecule has 0 aliphatic carbocycles. The zero-order valence-corrected chi connectivity index (χ0v) is 9.59. The standard InChI is InChI=1S/C11H18N4O/c1-14-6-4-10(13-14)9-3-2-5-15(8-9)11(16)7-12/h4,6,9H,2-3,5,7-8,12H2,1H3/t9-/m0/s1. The molecular weight excluding hydrogens is 204 g/mol. The molecule has 0 saturated carbocycles. The molecule has 5 heteroatoms. The third-order valence-electron chi connectivity index (χ3n) is 3.10. The lowest BCUT2D eigenvalue weighted by Crippen LogP contribution is -2.42. The number of nitrogens with zero attached hydrogens (tertiary/aromatic N) is 3. The molecule has 88 valence electrons. The number of rotatable bonds is 2. The maximum Gasteiger partial charge on any atom is 0.236 e. The van der Waals surface area contributed by atoms with E-state index in [1.165, 1.54) is 0 Å². The fourth-order valence-corrected chi connectivity index (χ4v) is 2.22. The molecule has 1 fully saturated rings. The zero-order valence-electron chi connectivity index (χ0n) is 9.59. The Labute approximate surface area is 95.2 Å². The topological polar surface area (TPSA) is 64.2 Å². The largest absolute Gasteiger partial charge is 0.341 e. The zero-order chi connectivity index (χ0) is 11.5. The van der Waals surface area contributed by atoms with Gasteiger partial charge in [-0.05, 0) is 18.9 Å². The van der Waals surface area contributed by atoms with Crippen LogP contribution >= 0.6 is 0 Å². The van der Waals surface area contributed by atoms with Gasteiger partial charge in [-0.3, -0.25) is 9.48 Å². The van der Waals surface area contributed by atoms with Gasteiger partial charge in [0, 0.05) is 32.3 Å². The summed E-state index contributed by atoms with van der Waals surface area (Å²) in [5, 5.41) is 4.40. The van der Waals surface area contributed by atoms with Crippen molar-refractivity contribution < 1.29 is 4.79 Å². The van der Waals surface area contributed by atoms with Crippen LogP contribution in [0, 0.1) is 0 Å². The van der Waals surface area contributed by atoms with Crippen LogP contribution in [-0.2, 0) is 11.8 Å². The van der Waals surface area contributed by atoms with Crippen molar-refractivity contribution in [3.05, 3.63) is 18.0 Å². The van der Waals surface area contributed by atoms with E-state index in [-0.39, 0.29) is 12.5 Å². The van der Waals surface area contributed by atoms with Crippen molar-refractivity contribution in [2.24, 2.45) is 12.8 Å². The number of aryl methyl sites for hydroxylation is 1. The van der Waals surface area contributed by atoms with Crippen LogP contribution in [0.2, 0.25) is 0 Å². The monoisotopic (exact) mass is 222 g/mol. The van der Waals surface area contributed by atoms with E-state index in [9.17, 15) is 4.79 Å². The van der Waals surface area contributed by atoms with Gasteiger partial charge in [-0.25, -0.2) is 0 Å². The quantitative estimate of drug-likeness (QED) is 0.771. The van der Waals surface area contributed by atoms with Gasteiger partial charge >= 0.3 is 0 Å². The first kappa shape index (κ1) is 11.1. The number of hydrogen-bond donors (Lipinski definition) is 1. The van der Waals surface area contributed by atoms with Gasteiger partial charge in [-0.2, -0.15) is 5.10 Å². The molecule has 1 aromatic rings. The Hall–Kier alpha value is -1.36. The van der Waals surface area contributed by atoms with Crippen LogP contribution in [0.5, 0.6) is 0 Å². The second-order valence-electron chi connectivity index (χ2n) is 4.30. The summed E-state index contributed by atoms with van der Waals surface area (Å²) >= 11 is 0. The van der Waals surface area contributed by atoms with Gasteiger partial charge in [-0.1, -0.05) is 0 Å². The fraction of sp³-hybridized carbons (Fsp3) is 0.636. The highest BCUT2D eigenvalue weighted by Crippen LogP contribution is 2.25. The minimum atomic E-state index is 0.0423. The molecule has 2 N–H and O–H groups in total. The maximum atomic E-state index is 11.5. The third-order valence-corrected chi connectivity index (χ3v) is 3.10. The highest BCUT2D eigenvalue weighted by molar-refractivity contribution is 5.78. The van der Waals surface area contributed by atoms with E-state index in [1.807, 2.05) is 24.2 Å². The predicted octanol–water partition coefficient (Wildman–Crippen LogP) is 0.0848. The van der Waals surface area contributed by atoms with Crippen molar-refractivity contribution in [2.75, 3.05) is 19.6 Å². The van der Waals surface area contributed by atoms with Crippen LogP contribution < -0.4 is 5.73 Å². The molecule has 0 radical (unpaired) electrons. The summed E-state index contributed by atoms with van der Waals surface area (Å²) in [6.07, 6.45) is 4.08. The van der Waals surface area contributed by atoms with E-state index < -0.39 is 0 Å². The molecule has 1 saturated heterocycles. The van der Waals surface area contributed by atoms with Crippen molar-refractivity contribution in [1.29, 1.82) is 0 Å². The molecule has 2 heterocycles.